The van der Waals surface area contributed by atoms with Crippen molar-refractivity contribution in [1.82, 2.24) is 20.5 Å². The zero-order valence-electron chi connectivity index (χ0n) is 11.6. The fraction of sp³-hybridized carbons (Fsp3) is 0.308. The molecule has 0 atom stereocenters. The van der Waals surface area contributed by atoms with Crippen LogP contribution >= 0.6 is 12.4 Å². The van der Waals surface area contributed by atoms with Crippen LogP contribution in [0.2, 0.25) is 0 Å². The van der Waals surface area contributed by atoms with Gasteiger partial charge in [0.05, 0.1) is 13.2 Å². The van der Waals surface area contributed by atoms with Gasteiger partial charge in [0.1, 0.15) is 6.33 Å². The zero-order chi connectivity index (χ0) is 14.2. The number of aromatic amines is 1. The number of ether oxygens (including phenoxy) is 1. The Morgan fingerprint density at radius 2 is 2.10 bits per heavy atom. The number of aromatic nitrogens is 3. The lowest BCUT2D eigenvalue weighted by atomic mass is 10.2. The Labute approximate surface area is 128 Å². The fourth-order valence-electron chi connectivity index (χ4n) is 1.64. The molecule has 0 aliphatic rings. The van der Waals surface area contributed by atoms with Crippen molar-refractivity contribution < 1.29 is 9.53 Å². The van der Waals surface area contributed by atoms with E-state index in [1.807, 2.05) is 24.3 Å². The van der Waals surface area contributed by atoms with Crippen molar-refractivity contribution in [1.29, 1.82) is 0 Å². The van der Waals surface area contributed by atoms with E-state index < -0.39 is 0 Å². The second-order valence-corrected chi connectivity index (χ2v) is 4.13. The first-order valence-electron chi connectivity index (χ1n) is 6.25. The molecular weight excluding hydrogens is 294 g/mol. The Hall–Kier alpha value is -1.96. The van der Waals surface area contributed by atoms with Crippen molar-refractivity contribution in [2.75, 3.05) is 32.1 Å². The summed E-state index contributed by atoms with van der Waals surface area (Å²) < 4.78 is 4.88. The van der Waals surface area contributed by atoms with Crippen LogP contribution in [0.5, 0.6) is 0 Å². The van der Waals surface area contributed by atoms with E-state index in [2.05, 4.69) is 25.8 Å². The number of carbonyl (C=O) groups excluding carboxylic acids is 1. The highest BCUT2D eigenvalue weighted by atomic mass is 35.5. The molecule has 0 spiro atoms. The average Bonchev–Trinajstić information content (AvgIpc) is 2.99. The first-order chi connectivity index (χ1) is 9.79. The molecule has 0 aliphatic heterocycles. The highest BCUT2D eigenvalue weighted by Gasteiger charge is 2.03. The monoisotopic (exact) mass is 311 g/mol. The predicted molar refractivity (Wildman–Crippen MR) is 82.4 cm³/mol. The Morgan fingerprint density at radius 3 is 2.71 bits per heavy atom. The molecular formula is C13H18ClN5O2. The molecule has 2 aromatic rings. The van der Waals surface area contributed by atoms with Crippen molar-refractivity contribution in [2.24, 2.45) is 0 Å². The van der Waals surface area contributed by atoms with E-state index >= 15 is 0 Å². The van der Waals surface area contributed by atoms with Crippen molar-refractivity contribution in [3.8, 4) is 11.4 Å². The van der Waals surface area contributed by atoms with Crippen LogP contribution in [0.1, 0.15) is 0 Å². The van der Waals surface area contributed by atoms with E-state index in [9.17, 15) is 4.79 Å². The van der Waals surface area contributed by atoms with Crippen LogP contribution in [0.15, 0.2) is 30.6 Å². The van der Waals surface area contributed by atoms with Gasteiger partial charge in [-0.2, -0.15) is 5.10 Å². The van der Waals surface area contributed by atoms with E-state index in [4.69, 9.17) is 4.74 Å². The third kappa shape index (κ3) is 5.50. The van der Waals surface area contributed by atoms with Crippen molar-refractivity contribution in [3.05, 3.63) is 30.6 Å². The molecule has 0 bridgehead atoms. The Morgan fingerprint density at radius 1 is 1.33 bits per heavy atom. The number of H-pyrrole nitrogens is 1. The van der Waals surface area contributed by atoms with E-state index in [1.165, 1.54) is 6.33 Å². The molecule has 1 heterocycles. The van der Waals surface area contributed by atoms with Gasteiger partial charge in [0, 0.05) is 24.9 Å². The Balaban J connectivity index is 0.00000220. The molecule has 0 saturated heterocycles. The quantitative estimate of drug-likeness (QED) is 0.665. The van der Waals surface area contributed by atoms with Gasteiger partial charge in [0.25, 0.3) is 0 Å². The maximum Gasteiger partial charge on any atom is 0.238 e. The summed E-state index contributed by atoms with van der Waals surface area (Å²) in [4.78, 5) is 15.7. The van der Waals surface area contributed by atoms with Gasteiger partial charge in [-0.15, -0.1) is 12.4 Å². The third-order valence-corrected chi connectivity index (χ3v) is 2.63. The molecule has 1 amide bonds. The lowest BCUT2D eigenvalue weighted by Crippen LogP contribution is -2.30. The highest BCUT2D eigenvalue weighted by Crippen LogP contribution is 2.16. The summed E-state index contributed by atoms with van der Waals surface area (Å²) in [6.45, 7) is 1.49. The van der Waals surface area contributed by atoms with Gasteiger partial charge in [-0.1, -0.05) is 0 Å². The second kappa shape index (κ2) is 9.06. The first-order valence-corrected chi connectivity index (χ1v) is 6.25. The number of halogens is 1. The summed E-state index contributed by atoms with van der Waals surface area (Å²) in [5.41, 5.74) is 1.66. The molecule has 7 nitrogen and oxygen atoms in total. The third-order valence-electron chi connectivity index (χ3n) is 2.63. The maximum absolute atomic E-state index is 11.6. The van der Waals surface area contributed by atoms with Gasteiger partial charge < -0.3 is 15.4 Å². The number of rotatable bonds is 7. The van der Waals surface area contributed by atoms with Crippen LogP contribution in [-0.4, -0.2) is 47.9 Å². The summed E-state index contributed by atoms with van der Waals surface area (Å²) in [6, 6.07) is 7.39. The average molecular weight is 312 g/mol. The van der Waals surface area contributed by atoms with Gasteiger partial charge >= 0.3 is 0 Å². The normalized spacial score (nSPS) is 9.95. The smallest absolute Gasteiger partial charge is 0.238 e. The van der Waals surface area contributed by atoms with Gasteiger partial charge in [0.15, 0.2) is 5.82 Å². The van der Waals surface area contributed by atoms with E-state index in [0.29, 0.717) is 19.0 Å². The van der Waals surface area contributed by atoms with Crippen LogP contribution in [0.25, 0.3) is 11.4 Å². The number of methoxy groups -OCH3 is 1. The lowest BCUT2D eigenvalue weighted by Gasteiger charge is -2.07. The summed E-state index contributed by atoms with van der Waals surface area (Å²) >= 11 is 0. The second-order valence-electron chi connectivity index (χ2n) is 4.13. The molecule has 21 heavy (non-hydrogen) atoms. The minimum Gasteiger partial charge on any atom is -0.383 e. The number of benzene rings is 1. The van der Waals surface area contributed by atoms with Crippen molar-refractivity contribution in [2.45, 2.75) is 0 Å². The van der Waals surface area contributed by atoms with Crippen LogP contribution in [0.3, 0.4) is 0 Å². The van der Waals surface area contributed by atoms with Crippen molar-refractivity contribution >= 4 is 24.0 Å². The number of anilines is 1. The fourth-order valence-corrected chi connectivity index (χ4v) is 1.64. The molecule has 3 N–H and O–H groups in total. The number of amides is 1. The molecule has 114 valence electrons. The molecule has 0 radical (unpaired) electrons. The van der Waals surface area contributed by atoms with Gasteiger partial charge in [-0.3, -0.25) is 9.89 Å². The number of hydrogen-bond donors (Lipinski definition) is 3. The molecule has 8 heteroatoms. The summed E-state index contributed by atoms with van der Waals surface area (Å²) in [6.07, 6.45) is 1.46. The van der Waals surface area contributed by atoms with Crippen LogP contribution in [0.4, 0.5) is 5.69 Å². The van der Waals surface area contributed by atoms with Gasteiger partial charge in [0.2, 0.25) is 5.91 Å². The summed E-state index contributed by atoms with van der Waals surface area (Å²) in [7, 11) is 1.62. The number of carbonyl (C=O) groups is 1. The van der Waals surface area contributed by atoms with E-state index in [1.54, 1.807) is 7.11 Å². The zero-order valence-corrected chi connectivity index (χ0v) is 12.4. The topological polar surface area (TPSA) is 91.9 Å². The van der Waals surface area contributed by atoms with Gasteiger partial charge in [-0.05, 0) is 24.3 Å². The molecule has 0 aliphatic carbocycles. The standard InChI is InChI=1S/C13H17N5O2.ClH/c1-20-7-6-14-8-12(19)17-11-4-2-10(3-5-11)13-15-9-16-18-13;/h2-5,9,14H,6-8H2,1H3,(H,17,19)(H,15,16,18);1H. The van der Waals surface area contributed by atoms with Gasteiger partial charge in [-0.25, -0.2) is 4.98 Å². The van der Waals surface area contributed by atoms with Crippen LogP contribution in [0, 0.1) is 0 Å². The molecule has 0 fully saturated rings. The maximum atomic E-state index is 11.6. The number of hydrogen-bond acceptors (Lipinski definition) is 5. The molecule has 2 rings (SSSR count). The first kappa shape index (κ1) is 17.1. The van der Waals surface area contributed by atoms with E-state index in [-0.39, 0.29) is 24.9 Å². The Kier molecular flexibility index (Phi) is 7.38. The molecule has 0 unspecified atom stereocenters. The Bertz CT molecular complexity index is 530. The van der Waals surface area contributed by atoms with Crippen molar-refractivity contribution in [3.63, 3.8) is 0 Å². The summed E-state index contributed by atoms with van der Waals surface area (Å²) in [5, 5.41) is 12.4. The number of nitrogens with one attached hydrogen (secondary N) is 3. The largest absolute Gasteiger partial charge is 0.383 e. The summed E-state index contributed by atoms with van der Waals surface area (Å²) in [5.74, 6) is 0.609. The number of nitrogens with zero attached hydrogens (tertiary/aromatic N) is 2. The SMILES string of the molecule is COCCNCC(=O)Nc1ccc(-c2ncn[nH]2)cc1.Cl. The lowest BCUT2D eigenvalue weighted by molar-refractivity contribution is -0.115. The highest BCUT2D eigenvalue weighted by molar-refractivity contribution is 5.92. The molecule has 1 aromatic carbocycles. The minimum atomic E-state index is -0.0893. The van der Waals surface area contributed by atoms with Crippen LogP contribution < -0.4 is 10.6 Å². The molecule has 1 aromatic heterocycles. The molecule has 0 saturated carbocycles. The van der Waals surface area contributed by atoms with E-state index in [0.717, 1.165) is 11.3 Å². The van der Waals surface area contributed by atoms with Crippen LogP contribution in [-0.2, 0) is 9.53 Å². The predicted octanol–water partition coefficient (Wildman–Crippen LogP) is 1.07. The minimum absolute atomic E-state index is 0.